The molecule has 0 bridgehead atoms. The Hall–Kier alpha value is -0.910. The van der Waals surface area contributed by atoms with Gasteiger partial charge in [0, 0.05) is 31.7 Å². The van der Waals surface area contributed by atoms with E-state index in [0.717, 1.165) is 18.7 Å². The number of imidazole rings is 1. The van der Waals surface area contributed by atoms with Gasteiger partial charge in [0.1, 0.15) is 11.9 Å². The predicted molar refractivity (Wildman–Crippen MR) is 74.6 cm³/mol. The van der Waals surface area contributed by atoms with Crippen LogP contribution in [0.2, 0.25) is 0 Å². The molecule has 2 aliphatic rings. The second kappa shape index (κ2) is 5.47. The highest BCUT2D eigenvalue weighted by Gasteiger charge is 2.38. The molecule has 1 aliphatic carbocycles. The van der Waals surface area contributed by atoms with Crippen LogP contribution in [0.5, 0.6) is 0 Å². The Morgan fingerprint density at radius 2 is 2.00 bits per heavy atom. The molecule has 1 fully saturated rings. The molecule has 0 spiro atoms. The van der Waals surface area contributed by atoms with Crippen LogP contribution in [0.4, 0.5) is 0 Å². The lowest BCUT2D eigenvalue weighted by Crippen LogP contribution is -2.48. The van der Waals surface area contributed by atoms with Crippen molar-refractivity contribution in [3.63, 3.8) is 0 Å². The van der Waals surface area contributed by atoms with Crippen molar-refractivity contribution in [1.29, 1.82) is 0 Å². The average Bonchev–Trinajstić information content (AvgIpc) is 2.76. The van der Waals surface area contributed by atoms with E-state index in [1.54, 1.807) is 0 Å². The third-order valence-electron chi connectivity index (χ3n) is 4.76. The summed E-state index contributed by atoms with van der Waals surface area (Å²) in [6, 6.07) is 0. The molecule has 3 rings (SSSR count). The van der Waals surface area contributed by atoms with Crippen LogP contribution in [0.25, 0.3) is 0 Å². The van der Waals surface area contributed by atoms with Crippen molar-refractivity contribution < 1.29 is 14.9 Å². The highest BCUT2D eigenvalue weighted by molar-refractivity contribution is 5.20. The summed E-state index contributed by atoms with van der Waals surface area (Å²) in [6.45, 7) is 3.47. The first kappa shape index (κ1) is 14.0. The van der Waals surface area contributed by atoms with Gasteiger partial charge in [0.05, 0.1) is 17.8 Å². The summed E-state index contributed by atoms with van der Waals surface area (Å²) >= 11 is 0. The molecule has 112 valence electrons. The summed E-state index contributed by atoms with van der Waals surface area (Å²) in [5, 5.41) is 21.0. The van der Waals surface area contributed by atoms with Gasteiger partial charge in [0.25, 0.3) is 0 Å². The van der Waals surface area contributed by atoms with Crippen LogP contribution in [0, 0.1) is 6.92 Å². The van der Waals surface area contributed by atoms with Crippen molar-refractivity contribution >= 4 is 0 Å². The van der Waals surface area contributed by atoms with Gasteiger partial charge >= 0.3 is 0 Å². The van der Waals surface area contributed by atoms with Gasteiger partial charge in [-0.15, -0.1) is 0 Å². The summed E-state index contributed by atoms with van der Waals surface area (Å²) < 4.78 is 7.38. The standard InChI is InChI=1S/C15H24N2O3/c1-11-16-12-4-2-3-5-13(12)17(11)10-14(18)15(19)6-8-20-9-7-15/h14,18-19H,2-10H2,1H3. The summed E-state index contributed by atoms with van der Waals surface area (Å²) in [6.07, 6.45) is 4.71. The Balaban J connectivity index is 1.78. The van der Waals surface area contributed by atoms with E-state index in [0.29, 0.717) is 32.6 Å². The van der Waals surface area contributed by atoms with Gasteiger partial charge in [-0.2, -0.15) is 0 Å². The van der Waals surface area contributed by atoms with E-state index in [1.807, 2.05) is 6.92 Å². The molecule has 0 aromatic carbocycles. The molecular weight excluding hydrogens is 256 g/mol. The number of ether oxygens (including phenoxy) is 1. The van der Waals surface area contributed by atoms with E-state index in [9.17, 15) is 10.2 Å². The minimum Gasteiger partial charge on any atom is -0.388 e. The number of hydrogen-bond acceptors (Lipinski definition) is 4. The molecule has 0 radical (unpaired) electrons. The maximum Gasteiger partial charge on any atom is 0.106 e. The van der Waals surface area contributed by atoms with Gasteiger partial charge in [-0.1, -0.05) is 0 Å². The summed E-state index contributed by atoms with van der Waals surface area (Å²) in [5.74, 6) is 0.951. The largest absolute Gasteiger partial charge is 0.388 e. The smallest absolute Gasteiger partial charge is 0.106 e. The summed E-state index contributed by atoms with van der Waals surface area (Å²) in [5.41, 5.74) is 1.42. The quantitative estimate of drug-likeness (QED) is 0.866. The topological polar surface area (TPSA) is 67.5 Å². The van der Waals surface area contributed by atoms with Gasteiger partial charge in [0.2, 0.25) is 0 Å². The SMILES string of the molecule is Cc1nc2c(n1CC(O)C1(O)CCOCC1)CCCC2. The van der Waals surface area contributed by atoms with Crippen LogP contribution in [-0.4, -0.2) is 44.7 Å². The monoisotopic (exact) mass is 280 g/mol. The fourth-order valence-corrected chi connectivity index (χ4v) is 3.38. The zero-order valence-corrected chi connectivity index (χ0v) is 12.1. The van der Waals surface area contributed by atoms with E-state index in [-0.39, 0.29) is 0 Å². The first-order valence-corrected chi connectivity index (χ1v) is 7.63. The van der Waals surface area contributed by atoms with Crippen molar-refractivity contribution in [2.75, 3.05) is 13.2 Å². The third kappa shape index (κ3) is 2.50. The molecule has 5 nitrogen and oxygen atoms in total. The minimum absolute atomic E-state index is 0.435. The van der Waals surface area contributed by atoms with Crippen LogP contribution in [0.1, 0.15) is 42.9 Å². The third-order valence-corrected chi connectivity index (χ3v) is 4.76. The van der Waals surface area contributed by atoms with Gasteiger partial charge in [-0.25, -0.2) is 4.98 Å². The van der Waals surface area contributed by atoms with E-state index < -0.39 is 11.7 Å². The molecule has 0 saturated carbocycles. The molecule has 1 unspecified atom stereocenters. The number of aryl methyl sites for hydroxylation is 2. The zero-order valence-electron chi connectivity index (χ0n) is 12.1. The van der Waals surface area contributed by atoms with Crippen molar-refractivity contribution in [1.82, 2.24) is 9.55 Å². The van der Waals surface area contributed by atoms with Crippen LogP contribution in [0.3, 0.4) is 0 Å². The molecule has 2 N–H and O–H groups in total. The first-order chi connectivity index (χ1) is 9.60. The van der Waals surface area contributed by atoms with Crippen molar-refractivity contribution in [2.24, 2.45) is 0 Å². The minimum atomic E-state index is -1.02. The number of aliphatic hydroxyl groups excluding tert-OH is 1. The normalized spacial score (nSPS) is 23.4. The highest BCUT2D eigenvalue weighted by atomic mass is 16.5. The fourth-order valence-electron chi connectivity index (χ4n) is 3.38. The molecule has 1 aromatic heterocycles. The number of aromatic nitrogens is 2. The average molecular weight is 280 g/mol. The van der Waals surface area contributed by atoms with Gasteiger partial charge < -0.3 is 19.5 Å². The molecule has 1 aliphatic heterocycles. The molecule has 5 heteroatoms. The van der Waals surface area contributed by atoms with E-state index in [4.69, 9.17) is 4.74 Å². The molecule has 1 atom stereocenters. The zero-order chi connectivity index (χ0) is 14.2. The number of nitrogens with zero attached hydrogens (tertiary/aromatic N) is 2. The van der Waals surface area contributed by atoms with Gasteiger partial charge in [-0.3, -0.25) is 0 Å². The Bertz CT molecular complexity index is 478. The van der Waals surface area contributed by atoms with E-state index in [2.05, 4.69) is 9.55 Å². The lowest BCUT2D eigenvalue weighted by molar-refractivity contribution is -0.136. The van der Waals surface area contributed by atoms with Crippen molar-refractivity contribution in [3.05, 3.63) is 17.2 Å². The maximum absolute atomic E-state index is 10.6. The molecule has 1 aromatic rings. The Labute approximate surface area is 119 Å². The Morgan fingerprint density at radius 3 is 2.75 bits per heavy atom. The van der Waals surface area contributed by atoms with Crippen LogP contribution in [0.15, 0.2) is 0 Å². The predicted octanol–water partition coefficient (Wildman–Crippen LogP) is 0.973. The van der Waals surface area contributed by atoms with Crippen LogP contribution in [-0.2, 0) is 24.1 Å². The van der Waals surface area contributed by atoms with Crippen molar-refractivity contribution in [3.8, 4) is 0 Å². The number of fused-ring (bicyclic) bond motifs is 1. The van der Waals surface area contributed by atoms with Gasteiger partial charge in [-0.05, 0) is 32.6 Å². The summed E-state index contributed by atoms with van der Waals surface area (Å²) in [7, 11) is 0. The lowest BCUT2D eigenvalue weighted by atomic mass is 9.88. The van der Waals surface area contributed by atoms with Crippen LogP contribution < -0.4 is 0 Å². The summed E-state index contributed by atoms with van der Waals surface area (Å²) in [4.78, 5) is 4.62. The first-order valence-electron chi connectivity index (χ1n) is 7.63. The number of hydrogen-bond donors (Lipinski definition) is 2. The van der Waals surface area contributed by atoms with Crippen LogP contribution >= 0.6 is 0 Å². The highest BCUT2D eigenvalue weighted by Crippen LogP contribution is 2.28. The number of rotatable bonds is 3. The molecule has 2 heterocycles. The lowest BCUT2D eigenvalue weighted by Gasteiger charge is -2.36. The van der Waals surface area contributed by atoms with E-state index >= 15 is 0 Å². The molecular formula is C15H24N2O3. The number of aliphatic hydroxyl groups is 2. The second-order valence-corrected chi connectivity index (χ2v) is 6.10. The van der Waals surface area contributed by atoms with Crippen molar-refractivity contribution in [2.45, 2.75) is 63.7 Å². The molecule has 0 amide bonds. The maximum atomic E-state index is 10.6. The molecule has 1 saturated heterocycles. The van der Waals surface area contributed by atoms with E-state index in [1.165, 1.54) is 24.2 Å². The Kier molecular flexibility index (Phi) is 3.84. The second-order valence-electron chi connectivity index (χ2n) is 6.10. The Morgan fingerprint density at radius 1 is 1.30 bits per heavy atom. The fraction of sp³-hybridized carbons (Fsp3) is 0.800. The molecule has 20 heavy (non-hydrogen) atoms. The van der Waals surface area contributed by atoms with Gasteiger partial charge in [0.15, 0.2) is 0 Å².